The van der Waals surface area contributed by atoms with Gasteiger partial charge in [0.2, 0.25) is 0 Å². The minimum atomic E-state index is -0.148. The summed E-state index contributed by atoms with van der Waals surface area (Å²) in [7, 11) is 2.10. The molecule has 0 bridgehead atoms. The van der Waals surface area contributed by atoms with E-state index in [0.29, 0.717) is 17.1 Å². The highest BCUT2D eigenvalue weighted by Gasteiger charge is 2.09. The van der Waals surface area contributed by atoms with Crippen LogP contribution in [0.4, 0.5) is 5.69 Å². The molecule has 0 aliphatic carbocycles. The van der Waals surface area contributed by atoms with Gasteiger partial charge in [0.15, 0.2) is 0 Å². The molecule has 1 heterocycles. The van der Waals surface area contributed by atoms with Gasteiger partial charge in [-0.15, -0.1) is 6.58 Å². The van der Waals surface area contributed by atoms with E-state index >= 15 is 0 Å². The number of anilines is 1. The summed E-state index contributed by atoms with van der Waals surface area (Å²) in [6.45, 7) is 10.1. The van der Waals surface area contributed by atoms with E-state index in [-0.39, 0.29) is 5.56 Å². The minimum Gasteiger partial charge on any atom is -0.381 e. The zero-order chi connectivity index (χ0) is 15.1. The molecule has 1 N–H and O–H groups in total. The van der Waals surface area contributed by atoms with Crippen molar-refractivity contribution in [2.24, 2.45) is 0 Å². The van der Waals surface area contributed by atoms with E-state index in [1.807, 2.05) is 0 Å². The summed E-state index contributed by atoms with van der Waals surface area (Å²) >= 11 is 3.33. The summed E-state index contributed by atoms with van der Waals surface area (Å²) in [5.41, 5.74) is 0.582. The molecule has 112 valence electrons. The first-order valence-corrected chi connectivity index (χ1v) is 7.61. The number of halogens is 1. The fourth-order valence-corrected chi connectivity index (χ4v) is 2.19. The standard InChI is InChI=1S/C14H23BrN4O/c1-5-8-19-14(20)13(15)12(10-17-19)16-7-9-18(4)11(3)6-2/h5,10-11,16H,1,6-9H2,2-4H3. The molecule has 1 atom stereocenters. The second-order valence-electron chi connectivity index (χ2n) is 4.81. The molecule has 0 aromatic carbocycles. The van der Waals surface area contributed by atoms with Gasteiger partial charge in [-0.25, -0.2) is 4.68 Å². The lowest BCUT2D eigenvalue weighted by Gasteiger charge is -2.23. The number of nitrogens with one attached hydrogen (secondary N) is 1. The molecule has 0 aliphatic rings. The lowest BCUT2D eigenvalue weighted by Crippen LogP contribution is -2.33. The predicted octanol–water partition coefficient (Wildman–Crippen LogP) is 2.33. The molecule has 0 radical (unpaired) electrons. The molecule has 1 aromatic rings. The minimum absolute atomic E-state index is 0.148. The van der Waals surface area contributed by atoms with Gasteiger partial charge in [0.1, 0.15) is 4.47 Å². The maximum absolute atomic E-state index is 12.0. The Bertz CT molecular complexity index is 500. The Morgan fingerprint density at radius 2 is 2.35 bits per heavy atom. The van der Waals surface area contributed by atoms with Gasteiger partial charge in [-0.05, 0) is 36.3 Å². The molecule has 0 amide bonds. The van der Waals surface area contributed by atoms with Crippen molar-refractivity contribution in [3.05, 3.63) is 33.7 Å². The topological polar surface area (TPSA) is 50.2 Å². The fraction of sp³-hybridized carbons (Fsp3) is 0.571. The third-order valence-electron chi connectivity index (χ3n) is 3.41. The van der Waals surface area contributed by atoms with Crippen LogP contribution < -0.4 is 10.9 Å². The van der Waals surface area contributed by atoms with Gasteiger partial charge in [0.25, 0.3) is 5.56 Å². The first-order valence-electron chi connectivity index (χ1n) is 6.81. The Balaban J connectivity index is 2.63. The SMILES string of the molecule is C=CCn1ncc(NCCN(C)C(C)CC)c(Br)c1=O. The van der Waals surface area contributed by atoms with E-state index < -0.39 is 0 Å². The van der Waals surface area contributed by atoms with Crippen LogP contribution in [-0.4, -0.2) is 40.9 Å². The monoisotopic (exact) mass is 342 g/mol. The van der Waals surface area contributed by atoms with Crippen molar-refractivity contribution in [3.63, 3.8) is 0 Å². The number of nitrogens with zero attached hydrogens (tertiary/aromatic N) is 3. The predicted molar refractivity (Wildman–Crippen MR) is 87.3 cm³/mol. The van der Waals surface area contributed by atoms with Gasteiger partial charge in [0, 0.05) is 19.1 Å². The van der Waals surface area contributed by atoms with Crippen LogP contribution >= 0.6 is 15.9 Å². The van der Waals surface area contributed by atoms with E-state index in [9.17, 15) is 4.79 Å². The highest BCUT2D eigenvalue weighted by molar-refractivity contribution is 9.10. The van der Waals surface area contributed by atoms with Gasteiger partial charge < -0.3 is 10.2 Å². The van der Waals surface area contributed by atoms with E-state index in [1.54, 1.807) is 12.3 Å². The zero-order valence-corrected chi connectivity index (χ0v) is 14.0. The first-order chi connectivity index (χ1) is 9.51. The Hall–Kier alpha value is -1.14. The van der Waals surface area contributed by atoms with Crippen LogP contribution in [0.1, 0.15) is 20.3 Å². The van der Waals surface area contributed by atoms with Crippen molar-refractivity contribution in [2.75, 3.05) is 25.5 Å². The molecule has 0 saturated carbocycles. The third-order valence-corrected chi connectivity index (χ3v) is 4.18. The molecule has 0 aliphatic heterocycles. The van der Waals surface area contributed by atoms with Crippen molar-refractivity contribution >= 4 is 21.6 Å². The van der Waals surface area contributed by atoms with Crippen molar-refractivity contribution in [1.29, 1.82) is 0 Å². The first kappa shape index (κ1) is 16.9. The number of aromatic nitrogens is 2. The fourth-order valence-electron chi connectivity index (χ4n) is 1.74. The third kappa shape index (κ3) is 4.45. The zero-order valence-electron chi connectivity index (χ0n) is 12.4. The maximum Gasteiger partial charge on any atom is 0.283 e. The summed E-state index contributed by atoms with van der Waals surface area (Å²) in [5.74, 6) is 0. The van der Waals surface area contributed by atoms with Crippen LogP contribution in [0.2, 0.25) is 0 Å². The molecule has 20 heavy (non-hydrogen) atoms. The van der Waals surface area contributed by atoms with Crippen LogP contribution in [-0.2, 0) is 6.54 Å². The lowest BCUT2D eigenvalue weighted by atomic mass is 10.2. The summed E-state index contributed by atoms with van der Waals surface area (Å²) in [5, 5.41) is 7.35. The highest BCUT2D eigenvalue weighted by atomic mass is 79.9. The molecule has 0 fully saturated rings. The maximum atomic E-state index is 12.0. The van der Waals surface area contributed by atoms with Gasteiger partial charge in [-0.1, -0.05) is 13.0 Å². The summed E-state index contributed by atoms with van der Waals surface area (Å²) in [6, 6.07) is 0.555. The molecule has 1 rings (SSSR count). The van der Waals surface area contributed by atoms with Crippen molar-refractivity contribution < 1.29 is 0 Å². The molecule has 1 unspecified atom stereocenters. The normalized spacial score (nSPS) is 12.4. The van der Waals surface area contributed by atoms with Crippen molar-refractivity contribution in [3.8, 4) is 0 Å². The average molecular weight is 343 g/mol. The van der Waals surface area contributed by atoms with Crippen LogP contribution in [0.25, 0.3) is 0 Å². The molecular formula is C14H23BrN4O. The Labute approximate surface area is 128 Å². The van der Waals surface area contributed by atoms with Gasteiger partial charge in [-0.2, -0.15) is 5.10 Å². The molecule has 6 heteroatoms. The summed E-state index contributed by atoms with van der Waals surface area (Å²) in [6.07, 6.45) is 4.44. The largest absolute Gasteiger partial charge is 0.381 e. The number of hydrogen-bond donors (Lipinski definition) is 1. The lowest BCUT2D eigenvalue weighted by molar-refractivity contribution is 0.261. The Morgan fingerprint density at radius 1 is 1.65 bits per heavy atom. The van der Waals surface area contributed by atoms with Crippen LogP contribution in [0.3, 0.4) is 0 Å². The second kappa shape index (κ2) is 8.21. The second-order valence-corrected chi connectivity index (χ2v) is 5.61. The molecule has 0 spiro atoms. The van der Waals surface area contributed by atoms with E-state index in [2.05, 4.69) is 58.7 Å². The van der Waals surface area contributed by atoms with Crippen LogP contribution in [0.5, 0.6) is 0 Å². The highest BCUT2D eigenvalue weighted by Crippen LogP contribution is 2.15. The van der Waals surface area contributed by atoms with Crippen molar-refractivity contribution in [1.82, 2.24) is 14.7 Å². The summed E-state index contributed by atoms with van der Waals surface area (Å²) < 4.78 is 1.88. The number of hydrogen-bond acceptors (Lipinski definition) is 4. The molecule has 1 aromatic heterocycles. The van der Waals surface area contributed by atoms with Gasteiger partial charge >= 0.3 is 0 Å². The molecule has 5 nitrogen and oxygen atoms in total. The van der Waals surface area contributed by atoms with E-state index in [4.69, 9.17) is 0 Å². The Morgan fingerprint density at radius 3 is 2.95 bits per heavy atom. The van der Waals surface area contributed by atoms with Crippen LogP contribution in [0.15, 0.2) is 28.1 Å². The number of allylic oxidation sites excluding steroid dienone is 1. The Kier molecular flexibility index (Phi) is 6.95. The van der Waals surface area contributed by atoms with Crippen LogP contribution in [0, 0.1) is 0 Å². The van der Waals surface area contributed by atoms with Crippen molar-refractivity contribution in [2.45, 2.75) is 32.9 Å². The summed E-state index contributed by atoms with van der Waals surface area (Å²) in [4.78, 5) is 14.3. The van der Waals surface area contributed by atoms with E-state index in [0.717, 1.165) is 25.2 Å². The molecular weight excluding hydrogens is 320 g/mol. The van der Waals surface area contributed by atoms with Gasteiger partial charge in [-0.3, -0.25) is 4.79 Å². The number of likely N-dealkylation sites (N-methyl/N-ethyl adjacent to an activating group) is 1. The smallest absolute Gasteiger partial charge is 0.283 e. The number of rotatable bonds is 8. The molecule has 0 saturated heterocycles. The van der Waals surface area contributed by atoms with E-state index in [1.165, 1.54) is 4.68 Å². The van der Waals surface area contributed by atoms with Gasteiger partial charge in [0.05, 0.1) is 18.4 Å². The average Bonchev–Trinajstić information content (AvgIpc) is 2.45. The quantitative estimate of drug-likeness (QED) is 0.736.